The summed E-state index contributed by atoms with van der Waals surface area (Å²) in [6.45, 7) is 4.22. The highest BCUT2D eigenvalue weighted by Crippen LogP contribution is 2.10. The number of urea groups is 1. The molecule has 0 bridgehead atoms. The monoisotopic (exact) mass is 240 g/mol. The van der Waals surface area contributed by atoms with Gasteiger partial charge < -0.3 is 15.3 Å². The van der Waals surface area contributed by atoms with Crippen LogP contribution in [0.1, 0.15) is 26.7 Å². The molecule has 2 amide bonds. The molecule has 2 N–H and O–H groups in total. The van der Waals surface area contributed by atoms with Gasteiger partial charge in [0.05, 0.1) is 5.92 Å². The standard InChI is InChI=1S/C12H20N2O3/c1-3-14(8-9(2)11(15)16)12(17)13-10-6-4-5-7-10/h4-5,9-10H,3,6-8H2,1-2H3,(H,13,17)(H,15,16). The van der Waals surface area contributed by atoms with Crippen molar-refractivity contribution in [3.05, 3.63) is 12.2 Å². The molecule has 0 aromatic rings. The molecular formula is C12H20N2O3. The SMILES string of the molecule is CCN(CC(C)C(=O)O)C(=O)NC1CC=CC1. The number of carboxylic acids is 1. The summed E-state index contributed by atoms with van der Waals surface area (Å²) in [7, 11) is 0. The van der Waals surface area contributed by atoms with Crippen molar-refractivity contribution in [2.24, 2.45) is 5.92 Å². The fourth-order valence-electron chi connectivity index (χ4n) is 1.77. The minimum Gasteiger partial charge on any atom is -0.481 e. The maximum Gasteiger partial charge on any atom is 0.317 e. The van der Waals surface area contributed by atoms with Crippen molar-refractivity contribution in [3.63, 3.8) is 0 Å². The lowest BCUT2D eigenvalue weighted by atomic mass is 10.2. The van der Waals surface area contributed by atoms with E-state index in [0.29, 0.717) is 6.54 Å². The fraction of sp³-hybridized carbons (Fsp3) is 0.667. The Morgan fingerprint density at radius 3 is 2.53 bits per heavy atom. The van der Waals surface area contributed by atoms with Gasteiger partial charge in [-0.15, -0.1) is 0 Å². The molecule has 1 atom stereocenters. The molecule has 0 aromatic heterocycles. The molecule has 5 heteroatoms. The van der Waals surface area contributed by atoms with Crippen LogP contribution in [0.5, 0.6) is 0 Å². The van der Waals surface area contributed by atoms with Gasteiger partial charge >= 0.3 is 12.0 Å². The van der Waals surface area contributed by atoms with Crippen LogP contribution in [0.4, 0.5) is 4.79 Å². The Kier molecular flexibility index (Phi) is 5.00. The zero-order valence-corrected chi connectivity index (χ0v) is 10.3. The predicted molar refractivity (Wildman–Crippen MR) is 64.7 cm³/mol. The summed E-state index contributed by atoms with van der Waals surface area (Å²) in [5, 5.41) is 11.7. The number of aliphatic carboxylic acids is 1. The van der Waals surface area contributed by atoms with Crippen molar-refractivity contribution in [3.8, 4) is 0 Å². The van der Waals surface area contributed by atoms with E-state index < -0.39 is 11.9 Å². The van der Waals surface area contributed by atoms with Crippen molar-refractivity contribution >= 4 is 12.0 Å². The van der Waals surface area contributed by atoms with Gasteiger partial charge in [0, 0.05) is 19.1 Å². The van der Waals surface area contributed by atoms with Crippen LogP contribution < -0.4 is 5.32 Å². The van der Waals surface area contributed by atoms with Gasteiger partial charge in [0.15, 0.2) is 0 Å². The summed E-state index contributed by atoms with van der Waals surface area (Å²) in [6, 6.07) is -0.00835. The molecule has 0 heterocycles. The Bertz CT molecular complexity index is 307. The first-order valence-electron chi connectivity index (χ1n) is 5.97. The number of carbonyl (C=O) groups excluding carboxylic acids is 1. The van der Waals surface area contributed by atoms with E-state index in [4.69, 9.17) is 5.11 Å². The summed E-state index contributed by atoms with van der Waals surface area (Å²) in [6.07, 6.45) is 5.80. The molecule has 0 radical (unpaired) electrons. The number of carbonyl (C=O) groups is 2. The second-order valence-electron chi connectivity index (χ2n) is 4.37. The molecule has 96 valence electrons. The Morgan fingerprint density at radius 1 is 1.47 bits per heavy atom. The van der Waals surface area contributed by atoms with Gasteiger partial charge in [0.2, 0.25) is 0 Å². The van der Waals surface area contributed by atoms with Crippen molar-refractivity contribution < 1.29 is 14.7 Å². The molecule has 1 unspecified atom stereocenters. The molecule has 0 saturated heterocycles. The first-order chi connectivity index (χ1) is 8.04. The zero-order chi connectivity index (χ0) is 12.8. The Hall–Kier alpha value is -1.52. The zero-order valence-electron chi connectivity index (χ0n) is 10.3. The highest BCUT2D eigenvalue weighted by Gasteiger charge is 2.21. The van der Waals surface area contributed by atoms with Gasteiger partial charge in [-0.05, 0) is 19.8 Å². The molecule has 5 nitrogen and oxygen atoms in total. The van der Waals surface area contributed by atoms with E-state index in [0.717, 1.165) is 12.8 Å². The highest BCUT2D eigenvalue weighted by molar-refractivity contribution is 5.76. The van der Waals surface area contributed by atoms with Gasteiger partial charge in [-0.2, -0.15) is 0 Å². The average molecular weight is 240 g/mol. The number of nitrogens with one attached hydrogen (secondary N) is 1. The lowest BCUT2D eigenvalue weighted by molar-refractivity contribution is -0.141. The topological polar surface area (TPSA) is 69.6 Å². The minimum absolute atomic E-state index is 0.164. The van der Waals surface area contributed by atoms with Crippen LogP contribution in [0.25, 0.3) is 0 Å². The van der Waals surface area contributed by atoms with E-state index in [-0.39, 0.29) is 18.6 Å². The normalized spacial score (nSPS) is 16.8. The maximum atomic E-state index is 11.9. The van der Waals surface area contributed by atoms with Crippen LogP contribution in [0.2, 0.25) is 0 Å². The molecule has 1 aliphatic carbocycles. The van der Waals surface area contributed by atoms with Crippen molar-refractivity contribution in [1.29, 1.82) is 0 Å². The smallest absolute Gasteiger partial charge is 0.317 e. The number of hydrogen-bond donors (Lipinski definition) is 2. The Labute approximate surface area is 101 Å². The summed E-state index contributed by atoms with van der Waals surface area (Å²) < 4.78 is 0. The van der Waals surface area contributed by atoms with Gasteiger partial charge in [0.1, 0.15) is 0 Å². The first-order valence-corrected chi connectivity index (χ1v) is 5.97. The lowest BCUT2D eigenvalue weighted by Gasteiger charge is -2.25. The number of rotatable bonds is 5. The summed E-state index contributed by atoms with van der Waals surface area (Å²) in [5.41, 5.74) is 0. The number of carboxylic acid groups (broad SMARTS) is 1. The van der Waals surface area contributed by atoms with Gasteiger partial charge in [-0.25, -0.2) is 4.79 Å². The van der Waals surface area contributed by atoms with E-state index in [2.05, 4.69) is 5.32 Å². The van der Waals surface area contributed by atoms with E-state index in [1.807, 2.05) is 19.1 Å². The predicted octanol–water partition coefficient (Wildman–Crippen LogP) is 1.46. The van der Waals surface area contributed by atoms with Crippen LogP contribution in [-0.4, -0.2) is 41.1 Å². The second kappa shape index (κ2) is 6.27. The van der Waals surface area contributed by atoms with E-state index in [1.165, 1.54) is 4.90 Å². The molecule has 17 heavy (non-hydrogen) atoms. The largest absolute Gasteiger partial charge is 0.481 e. The summed E-state index contributed by atoms with van der Waals surface area (Å²) in [5.74, 6) is -1.42. The molecule has 1 aliphatic rings. The molecule has 1 rings (SSSR count). The Morgan fingerprint density at radius 2 is 2.06 bits per heavy atom. The molecule has 0 fully saturated rings. The van der Waals surface area contributed by atoms with Crippen LogP contribution >= 0.6 is 0 Å². The summed E-state index contributed by atoms with van der Waals surface area (Å²) >= 11 is 0. The highest BCUT2D eigenvalue weighted by atomic mass is 16.4. The average Bonchev–Trinajstić information content (AvgIpc) is 2.77. The van der Waals surface area contributed by atoms with Crippen molar-refractivity contribution in [2.75, 3.05) is 13.1 Å². The molecule has 0 saturated carbocycles. The number of nitrogens with zero attached hydrogens (tertiary/aromatic N) is 1. The van der Waals surface area contributed by atoms with Crippen LogP contribution in [0.15, 0.2) is 12.2 Å². The second-order valence-corrected chi connectivity index (χ2v) is 4.37. The van der Waals surface area contributed by atoms with Gasteiger partial charge in [0.25, 0.3) is 0 Å². The third-order valence-electron chi connectivity index (χ3n) is 2.92. The van der Waals surface area contributed by atoms with Crippen LogP contribution in [0.3, 0.4) is 0 Å². The van der Waals surface area contributed by atoms with Crippen molar-refractivity contribution in [1.82, 2.24) is 10.2 Å². The summed E-state index contributed by atoms with van der Waals surface area (Å²) in [4.78, 5) is 24.2. The third kappa shape index (κ3) is 4.09. The van der Waals surface area contributed by atoms with Crippen molar-refractivity contribution in [2.45, 2.75) is 32.7 Å². The number of hydrogen-bond acceptors (Lipinski definition) is 2. The quantitative estimate of drug-likeness (QED) is 0.715. The Balaban J connectivity index is 2.43. The van der Waals surface area contributed by atoms with E-state index >= 15 is 0 Å². The fourth-order valence-corrected chi connectivity index (χ4v) is 1.77. The van der Waals surface area contributed by atoms with E-state index in [9.17, 15) is 9.59 Å². The third-order valence-corrected chi connectivity index (χ3v) is 2.92. The van der Waals surface area contributed by atoms with Crippen LogP contribution in [0, 0.1) is 5.92 Å². The van der Waals surface area contributed by atoms with Crippen LogP contribution in [-0.2, 0) is 4.79 Å². The minimum atomic E-state index is -0.876. The maximum absolute atomic E-state index is 11.9. The van der Waals surface area contributed by atoms with Gasteiger partial charge in [-0.1, -0.05) is 19.1 Å². The molecule has 0 aromatic carbocycles. The molecular weight excluding hydrogens is 220 g/mol. The number of amides is 2. The van der Waals surface area contributed by atoms with Gasteiger partial charge in [-0.3, -0.25) is 4.79 Å². The first kappa shape index (κ1) is 13.5. The molecule has 0 aliphatic heterocycles. The van der Waals surface area contributed by atoms with E-state index in [1.54, 1.807) is 6.92 Å². The lowest BCUT2D eigenvalue weighted by Crippen LogP contribution is -2.46. The molecule has 0 spiro atoms.